The Morgan fingerprint density at radius 1 is 1.22 bits per heavy atom. The summed E-state index contributed by atoms with van der Waals surface area (Å²) in [6.07, 6.45) is 0. The highest BCUT2D eigenvalue weighted by atomic mass is 79.9. The van der Waals surface area contributed by atoms with Gasteiger partial charge in [0.15, 0.2) is 0 Å². The van der Waals surface area contributed by atoms with Crippen molar-refractivity contribution in [3.05, 3.63) is 57.8 Å². The molecule has 0 fully saturated rings. The van der Waals surface area contributed by atoms with Gasteiger partial charge in [-0.05, 0) is 42.8 Å². The molecule has 0 aliphatic heterocycles. The average molecular weight is 380 g/mol. The van der Waals surface area contributed by atoms with E-state index in [4.69, 9.17) is 5.73 Å². The second-order valence-electron chi connectivity index (χ2n) is 4.87. The number of carbonyl (C=O) groups excluding carboxylic acids is 2. The van der Waals surface area contributed by atoms with E-state index < -0.39 is 17.6 Å². The van der Waals surface area contributed by atoms with Gasteiger partial charge in [-0.15, -0.1) is 0 Å². The van der Waals surface area contributed by atoms with Crippen molar-refractivity contribution in [2.24, 2.45) is 5.73 Å². The van der Waals surface area contributed by atoms with E-state index in [2.05, 4.69) is 26.6 Å². The summed E-state index contributed by atoms with van der Waals surface area (Å²) in [5, 5.41) is 5.38. The quantitative estimate of drug-likeness (QED) is 0.746. The van der Waals surface area contributed by atoms with E-state index in [1.165, 1.54) is 12.1 Å². The van der Waals surface area contributed by atoms with Crippen LogP contribution in [0.2, 0.25) is 0 Å². The Hall–Kier alpha value is -2.41. The molecule has 2 aromatic rings. The number of rotatable bonds is 5. The third kappa shape index (κ3) is 4.29. The normalized spacial score (nSPS) is 10.2. The van der Waals surface area contributed by atoms with Crippen LogP contribution in [0.15, 0.2) is 40.9 Å². The summed E-state index contributed by atoms with van der Waals surface area (Å²) in [4.78, 5) is 23.2. The molecule has 23 heavy (non-hydrogen) atoms. The molecule has 0 radical (unpaired) electrons. The Balaban J connectivity index is 2.02. The molecule has 120 valence electrons. The lowest BCUT2D eigenvalue weighted by Crippen LogP contribution is -2.23. The SMILES string of the molecule is Cc1c(NCC(=O)Nc2ccc(Br)cc2F)cccc1C(N)=O. The number of halogens is 2. The lowest BCUT2D eigenvalue weighted by Gasteiger charge is -2.12. The van der Waals surface area contributed by atoms with E-state index in [0.717, 1.165) is 0 Å². The number of nitrogens with two attached hydrogens (primary N) is 1. The Morgan fingerprint density at radius 3 is 2.61 bits per heavy atom. The van der Waals surface area contributed by atoms with Gasteiger partial charge in [0.05, 0.1) is 12.2 Å². The van der Waals surface area contributed by atoms with Crippen molar-refractivity contribution in [1.82, 2.24) is 0 Å². The number of amides is 2. The minimum atomic E-state index is -0.535. The van der Waals surface area contributed by atoms with Gasteiger partial charge in [-0.1, -0.05) is 22.0 Å². The number of nitrogens with one attached hydrogen (secondary N) is 2. The zero-order valence-electron chi connectivity index (χ0n) is 12.3. The maximum absolute atomic E-state index is 13.7. The third-order valence-electron chi connectivity index (χ3n) is 3.24. The van der Waals surface area contributed by atoms with Crippen LogP contribution in [0.5, 0.6) is 0 Å². The smallest absolute Gasteiger partial charge is 0.249 e. The highest BCUT2D eigenvalue weighted by Crippen LogP contribution is 2.20. The van der Waals surface area contributed by atoms with E-state index in [9.17, 15) is 14.0 Å². The highest BCUT2D eigenvalue weighted by molar-refractivity contribution is 9.10. The van der Waals surface area contributed by atoms with Crippen molar-refractivity contribution < 1.29 is 14.0 Å². The Kier molecular flexibility index (Phi) is 5.33. The zero-order chi connectivity index (χ0) is 17.0. The monoisotopic (exact) mass is 379 g/mol. The van der Waals surface area contributed by atoms with Crippen molar-refractivity contribution in [2.75, 3.05) is 17.2 Å². The molecular formula is C16H15BrFN3O2. The van der Waals surface area contributed by atoms with E-state index in [1.807, 2.05) is 0 Å². The maximum atomic E-state index is 13.7. The van der Waals surface area contributed by atoms with Crippen LogP contribution in [0.25, 0.3) is 0 Å². The van der Waals surface area contributed by atoms with Crippen LogP contribution in [-0.2, 0) is 4.79 Å². The highest BCUT2D eigenvalue weighted by Gasteiger charge is 2.11. The molecule has 0 heterocycles. The molecule has 0 aromatic heterocycles. The van der Waals surface area contributed by atoms with Gasteiger partial charge in [0.1, 0.15) is 5.82 Å². The Labute approximate surface area is 141 Å². The molecule has 0 spiro atoms. The van der Waals surface area contributed by atoms with Gasteiger partial charge < -0.3 is 16.4 Å². The minimum absolute atomic E-state index is 0.0709. The summed E-state index contributed by atoms with van der Waals surface area (Å²) >= 11 is 3.15. The van der Waals surface area contributed by atoms with Gasteiger partial charge in [0.25, 0.3) is 0 Å². The summed E-state index contributed by atoms with van der Waals surface area (Å²) in [7, 11) is 0. The number of anilines is 2. The number of hydrogen-bond acceptors (Lipinski definition) is 3. The first-order valence-corrected chi connectivity index (χ1v) is 7.56. The molecule has 2 amide bonds. The van der Waals surface area contributed by atoms with Crippen molar-refractivity contribution >= 4 is 39.1 Å². The molecule has 0 saturated heterocycles. The van der Waals surface area contributed by atoms with Crippen LogP contribution in [-0.4, -0.2) is 18.4 Å². The van der Waals surface area contributed by atoms with E-state index in [-0.39, 0.29) is 12.2 Å². The van der Waals surface area contributed by atoms with Crippen molar-refractivity contribution in [3.63, 3.8) is 0 Å². The standard InChI is InChI=1S/C16H15BrFN3O2/c1-9-11(16(19)23)3-2-4-13(9)20-8-15(22)21-14-6-5-10(17)7-12(14)18/h2-7,20H,8H2,1H3,(H2,19,23)(H,21,22). The van der Waals surface area contributed by atoms with Crippen LogP contribution in [0.4, 0.5) is 15.8 Å². The lowest BCUT2D eigenvalue weighted by atomic mass is 10.1. The van der Waals surface area contributed by atoms with Gasteiger partial charge in [0.2, 0.25) is 11.8 Å². The van der Waals surface area contributed by atoms with Crippen LogP contribution in [0, 0.1) is 12.7 Å². The molecule has 2 rings (SSSR count). The minimum Gasteiger partial charge on any atom is -0.376 e. The summed E-state index contributed by atoms with van der Waals surface area (Å²) in [5.74, 6) is -1.47. The zero-order valence-corrected chi connectivity index (χ0v) is 13.9. The van der Waals surface area contributed by atoms with Gasteiger partial charge in [0, 0.05) is 15.7 Å². The van der Waals surface area contributed by atoms with Crippen LogP contribution in [0.1, 0.15) is 15.9 Å². The first-order valence-electron chi connectivity index (χ1n) is 6.76. The fraction of sp³-hybridized carbons (Fsp3) is 0.125. The van der Waals surface area contributed by atoms with Gasteiger partial charge in [-0.2, -0.15) is 0 Å². The number of hydrogen-bond donors (Lipinski definition) is 3. The summed E-state index contributed by atoms with van der Waals surface area (Å²) in [6.45, 7) is 1.66. The fourth-order valence-electron chi connectivity index (χ4n) is 2.05. The lowest BCUT2D eigenvalue weighted by molar-refractivity contribution is -0.114. The molecule has 0 aliphatic rings. The van der Waals surface area contributed by atoms with Crippen molar-refractivity contribution in [1.29, 1.82) is 0 Å². The Bertz CT molecular complexity index is 765. The van der Waals surface area contributed by atoms with E-state index >= 15 is 0 Å². The molecule has 0 unspecified atom stereocenters. The summed E-state index contributed by atoms with van der Waals surface area (Å²) in [5.41, 5.74) is 7.04. The number of carbonyl (C=O) groups is 2. The summed E-state index contributed by atoms with van der Waals surface area (Å²) in [6, 6.07) is 9.38. The molecule has 0 atom stereocenters. The van der Waals surface area contributed by atoms with Crippen molar-refractivity contribution in [2.45, 2.75) is 6.92 Å². The largest absolute Gasteiger partial charge is 0.376 e. The van der Waals surface area contributed by atoms with Gasteiger partial charge >= 0.3 is 0 Å². The predicted molar refractivity (Wildman–Crippen MR) is 90.9 cm³/mol. The van der Waals surface area contributed by atoms with Crippen LogP contribution >= 0.6 is 15.9 Å². The third-order valence-corrected chi connectivity index (χ3v) is 3.74. The average Bonchev–Trinajstić information content (AvgIpc) is 2.49. The molecule has 0 bridgehead atoms. The molecule has 5 nitrogen and oxygen atoms in total. The van der Waals surface area contributed by atoms with E-state index in [1.54, 1.807) is 31.2 Å². The molecule has 4 N–H and O–H groups in total. The fourth-order valence-corrected chi connectivity index (χ4v) is 2.39. The van der Waals surface area contributed by atoms with Gasteiger partial charge in [-0.25, -0.2) is 4.39 Å². The second-order valence-corrected chi connectivity index (χ2v) is 5.78. The maximum Gasteiger partial charge on any atom is 0.249 e. The Morgan fingerprint density at radius 2 is 1.96 bits per heavy atom. The number of benzene rings is 2. The van der Waals surface area contributed by atoms with Gasteiger partial charge in [-0.3, -0.25) is 9.59 Å². The second kappa shape index (κ2) is 7.23. The predicted octanol–water partition coefficient (Wildman–Crippen LogP) is 3.05. The first-order chi connectivity index (χ1) is 10.9. The van der Waals surface area contributed by atoms with Crippen molar-refractivity contribution in [3.8, 4) is 0 Å². The summed E-state index contributed by atoms with van der Waals surface area (Å²) < 4.78 is 14.3. The molecule has 2 aromatic carbocycles. The van der Waals surface area contributed by atoms with E-state index in [0.29, 0.717) is 21.3 Å². The first kappa shape index (κ1) is 17.0. The topological polar surface area (TPSA) is 84.2 Å². The molecule has 0 aliphatic carbocycles. The number of primary amides is 1. The molecule has 0 saturated carbocycles. The molecule has 7 heteroatoms. The van der Waals surface area contributed by atoms with Crippen LogP contribution < -0.4 is 16.4 Å². The van der Waals surface area contributed by atoms with Crippen LogP contribution in [0.3, 0.4) is 0 Å². The molecular weight excluding hydrogens is 365 g/mol.